The van der Waals surface area contributed by atoms with Crippen LogP contribution in [-0.2, 0) is 0 Å². The minimum atomic E-state index is 0.767. The van der Waals surface area contributed by atoms with Gasteiger partial charge >= 0.3 is 0 Å². The van der Waals surface area contributed by atoms with Gasteiger partial charge in [-0.3, -0.25) is 0 Å². The number of hydrogen-bond donors (Lipinski definition) is 0. The molecule has 3 heteroatoms. The van der Waals surface area contributed by atoms with Crippen molar-refractivity contribution in [2.45, 2.75) is 12.8 Å². The molecule has 1 aliphatic rings. The fraction of sp³-hybridized carbons (Fsp3) is 0.294. The third-order valence-electron chi connectivity index (χ3n) is 3.81. The van der Waals surface area contributed by atoms with Crippen molar-refractivity contribution in [1.82, 2.24) is 0 Å². The van der Waals surface area contributed by atoms with Crippen molar-refractivity contribution in [3.63, 3.8) is 0 Å². The van der Waals surface area contributed by atoms with E-state index in [-0.39, 0.29) is 0 Å². The molecule has 2 aromatic carbocycles. The van der Waals surface area contributed by atoms with Gasteiger partial charge in [-0.25, -0.2) is 0 Å². The van der Waals surface area contributed by atoms with Crippen molar-refractivity contribution in [3.8, 4) is 16.9 Å². The van der Waals surface area contributed by atoms with Gasteiger partial charge in [0.05, 0.1) is 12.8 Å². The van der Waals surface area contributed by atoms with Crippen LogP contribution in [0.3, 0.4) is 0 Å². The van der Waals surface area contributed by atoms with E-state index in [1.54, 1.807) is 7.11 Å². The highest BCUT2D eigenvalue weighted by Gasteiger charge is 2.17. The monoisotopic (exact) mass is 287 g/mol. The molecule has 2 nitrogen and oxygen atoms in total. The van der Waals surface area contributed by atoms with Gasteiger partial charge in [0, 0.05) is 23.7 Å². The van der Waals surface area contributed by atoms with E-state index in [9.17, 15) is 0 Å². The zero-order valence-electron chi connectivity index (χ0n) is 11.6. The van der Waals surface area contributed by atoms with Gasteiger partial charge in [0.1, 0.15) is 5.75 Å². The lowest BCUT2D eigenvalue weighted by molar-refractivity contribution is 0.415. The average Bonchev–Trinajstić information content (AvgIpc) is 3.01. The molecule has 0 spiro atoms. The largest absolute Gasteiger partial charge is 0.495 e. The summed E-state index contributed by atoms with van der Waals surface area (Å²) < 4.78 is 5.58. The van der Waals surface area contributed by atoms with Crippen molar-refractivity contribution >= 4 is 17.3 Å². The number of anilines is 1. The number of rotatable bonds is 3. The lowest BCUT2D eigenvalue weighted by atomic mass is 10.0. The minimum absolute atomic E-state index is 0.767. The van der Waals surface area contributed by atoms with Crippen molar-refractivity contribution in [2.75, 3.05) is 25.1 Å². The van der Waals surface area contributed by atoms with Crippen LogP contribution in [-0.4, -0.2) is 20.2 Å². The number of ether oxygens (including phenoxy) is 1. The SMILES string of the molecule is COc1cc(-c2ccccc2Cl)ccc1N1CCCC1. The molecule has 0 atom stereocenters. The number of nitrogens with zero attached hydrogens (tertiary/aromatic N) is 1. The van der Waals surface area contributed by atoms with E-state index in [0.717, 1.165) is 35.0 Å². The summed E-state index contributed by atoms with van der Waals surface area (Å²) in [5.74, 6) is 0.921. The fourth-order valence-electron chi connectivity index (χ4n) is 2.76. The molecule has 0 amide bonds. The average molecular weight is 288 g/mol. The van der Waals surface area contributed by atoms with Crippen LogP contribution in [0.2, 0.25) is 5.02 Å². The van der Waals surface area contributed by atoms with Gasteiger partial charge in [-0.05, 0) is 36.6 Å². The number of benzene rings is 2. The lowest BCUT2D eigenvalue weighted by Crippen LogP contribution is -2.18. The van der Waals surface area contributed by atoms with Gasteiger partial charge in [-0.15, -0.1) is 0 Å². The molecule has 0 unspecified atom stereocenters. The highest BCUT2D eigenvalue weighted by atomic mass is 35.5. The Hall–Kier alpha value is -1.67. The van der Waals surface area contributed by atoms with Crippen LogP contribution >= 0.6 is 11.6 Å². The molecule has 0 bridgehead atoms. The van der Waals surface area contributed by atoms with E-state index in [1.807, 2.05) is 24.3 Å². The maximum Gasteiger partial charge on any atom is 0.142 e. The lowest BCUT2D eigenvalue weighted by Gasteiger charge is -2.21. The third-order valence-corrected chi connectivity index (χ3v) is 4.14. The molecule has 104 valence electrons. The maximum absolute atomic E-state index is 6.27. The first kappa shape index (κ1) is 13.3. The topological polar surface area (TPSA) is 12.5 Å². The molecule has 1 saturated heterocycles. The molecule has 2 aromatic rings. The van der Waals surface area contributed by atoms with E-state index >= 15 is 0 Å². The highest BCUT2D eigenvalue weighted by molar-refractivity contribution is 6.33. The van der Waals surface area contributed by atoms with Crippen LogP contribution in [0.4, 0.5) is 5.69 Å². The summed E-state index contributed by atoms with van der Waals surface area (Å²) in [7, 11) is 1.73. The summed E-state index contributed by atoms with van der Waals surface area (Å²) in [5, 5.41) is 0.767. The Bertz CT molecular complexity index is 606. The molecule has 0 radical (unpaired) electrons. The number of methoxy groups -OCH3 is 1. The Labute approximate surface area is 124 Å². The van der Waals surface area contributed by atoms with Gasteiger partial charge in [-0.1, -0.05) is 35.9 Å². The first-order valence-electron chi connectivity index (χ1n) is 6.97. The Kier molecular flexibility index (Phi) is 3.83. The van der Waals surface area contributed by atoms with Crippen LogP contribution in [0.5, 0.6) is 5.75 Å². The first-order valence-corrected chi connectivity index (χ1v) is 7.35. The standard InChI is InChI=1S/C17H18ClNO/c1-20-17-12-13(14-6-2-3-7-15(14)18)8-9-16(17)19-10-4-5-11-19/h2-3,6-9,12H,4-5,10-11H2,1H3. The maximum atomic E-state index is 6.27. The fourth-order valence-corrected chi connectivity index (χ4v) is 3.00. The number of halogens is 1. The van der Waals surface area contributed by atoms with Gasteiger partial charge in [0.2, 0.25) is 0 Å². The molecular weight excluding hydrogens is 270 g/mol. The molecular formula is C17H18ClNO. The predicted molar refractivity (Wildman–Crippen MR) is 84.9 cm³/mol. The Morgan fingerprint density at radius 1 is 1.05 bits per heavy atom. The third kappa shape index (κ3) is 2.48. The summed E-state index contributed by atoms with van der Waals surface area (Å²) in [6, 6.07) is 14.2. The van der Waals surface area contributed by atoms with E-state index < -0.39 is 0 Å². The normalized spacial score (nSPS) is 14.6. The van der Waals surface area contributed by atoms with E-state index in [0.29, 0.717) is 0 Å². The molecule has 1 heterocycles. The Morgan fingerprint density at radius 3 is 2.50 bits per heavy atom. The smallest absolute Gasteiger partial charge is 0.142 e. The second kappa shape index (κ2) is 5.76. The molecule has 0 aromatic heterocycles. The van der Waals surface area contributed by atoms with Gasteiger partial charge in [-0.2, -0.15) is 0 Å². The van der Waals surface area contributed by atoms with Crippen LogP contribution < -0.4 is 9.64 Å². The van der Waals surface area contributed by atoms with Crippen molar-refractivity contribution < 1.29 is 4.74 Å². The molecule has 1 aliphatic heterocycles. The predicted octanol–water partition coefficient (Wildman–Crippen LogP) is 4.62. The summed E-state index contributed by atoms with van der Waals surface area (Å²) in [6.07, 6.45) is 2.52. The molecule has 3 rings (SSSR count). The van der Waals surface area contributed by atoms with E-state index in [2.05, 4.69) is 23.1 Å². The molecule has 0 aliphatic carbocycles. The van der Waals surface area contributed by atoms with Gasteiger partial charge in [0.25, 0.3) is 0 Å². The van der Waals surface area contributed by atoms with Crippen LogP contribution in [0.1, 0.15) is 12.8 Å². The zero-order chi connectivity index (χ0) is 13.9. The molecule has 0 N–H and O–H groups in total. The molecule has 0 saturated carbocycles. The van der Waals surface area contributed by atoms with Crippen molar-refractivity contribution in [2.24, 2.45) is 0 Å². The first-order chi connectivity index (χ1) is 9.79. The molecule has 1 fully saturated rings. The Balaban J connectivity index is 2.01. The van der Waals surface area contributed by atoms with Crippen molar-refractivity contribution in [3.05, 3.63) is 47.5 Å². The second-order valence-corrected chi connectivity index (χ2v) is 5.47. The van der Waals surface area contributed by atoms with Crippen LogP contribution in [0, 0.1) is 0 Å². The Morgan fingerprint density at radius 2 is 1.80 bits per heavy atom. The summed E-state index contributed by atoms with van der Waals surface area (Å²) in [5.41, 5.74) is 3.32. The highest BCUT2D eigenvalue weighted by Crippen LogP contribution is 2.36. The molecule has 20 heavy (non-hydrogen) atoms. The number of hydrogen-bond acceptors (Lipinski definition) is 2. The van der Waals surface area contributed by atoms with Gasteiger partial charge < -0.3 is 9.64 Å². The zero-order valence-corrected chi connectivity index (χ0v) is 12.4. The van der Waals surface area contributed by atoms with Gasteiger partial charge in [0.15, 0.2) is 0 Å². The summed E-state index contributed by atoms with van der Waals surface area (Å²) in [4.78, 5) is 2.38. The summed E-state index contributed by atoms with van der Waals surface area (Å²) >= 11 is 6.27. The summed E-state index contributed by atoms with van der Waals surface area (Å²) in [6.45, 7) is 2.23. The van der Waals surface area contributed by atoms with E-state index in [4.69, 9.17) is 16.3 Å². The minimum Gasteiger partial charge on any atom is -0.495 e. The van der Waals surface area contributed by atoms with Crippen LogP contribution in [0.25, 0.3) is 11.1 Å². The second-order valence-electron chi connectivity index (χ2n) is 5.06. The quantitative estimate of drug-likeness (QED) is 0.817. The van der Waals surface area contributed by atoms with Crippen molar-refractivity contribution in [1.29, 1.82) is 0 Å². The van der Waals surface area contributed by atoms with Crippen LogP contribution in [0.15, 0.2) is 42.5 Å². The van der Waals surface area contributed by atoms with E-state index in [1.165, 1.54) is 18.5 Å².